The molecule has 0 spiro atoms. The molecule has 5 aromatic rings. The van der Waals surface area contributed by atoms with E-state index in [-0.39, 0.29) is 5.95 Å². The van der Waals surface area contributed by atoms with Crippen molar-refractivity contribution in [3.63, 3.8) is 0 Å². The highest BCUT2D eigenvalue weighted by Gasteiger charge is 2.21. The highest BCUT2D eigenvalue weighted by molar-refractivity contribution is 9.10. The number of nitrogen functional groups attached to an aromatic ring is 1. The summed E-state index contributed by atoms with van der Waals surface area (Å²) in [4.78, 5) is 11.1. The summed E-state index contributed by atoms with van der Waals surface area (Å²) in [5.74, 6) is 2.61. The fraction of sp³-hybridized carbons (Fsp3) is 0. The number of hydrogen-bond acceptors (Lipinski definition) is 6. The molecule has 0 fully saturated rings. The van der Waals surface area contributed by atoms with Crippen molar-refractivity contribution in [1.82, 2.24) is 9.97 Å². The zero-order valence-electron chi connectivity index (χ0n) is 17.2. The van der Waals surface area contributed by atoms with Crippen molar-refractivity contribution in [1.29, 1.82) is 0 Å². The molecule has 1 aliphatic rings. The van der Waals surface area contributed by atoms with Gasteiger partial charge < -0.3 is 15.8 Å². The molecule has 0 bridgehead atoms. The molecule has 0 aliphatic carbocycles. The molecule has 0 amide bonds. The first kappa shape index (κ1) is 20.1. The third-order valence-corrected chi connectivity index (χ3v) is 6.96. The van der Waals surface area contributed by atoms with Crippen LogP contribution in [0.2, 0.25) is 0 Å². The second-order valence-corrected chi connectivity index (χ2v) is 9.58. The van der Waals surface area contributed by atoms with Gasteiger partial charge in [-0.25, -0.2) is 4.98 Å². The minimum absolute atomic E-state index is 0.223. The SMILES string of the molecule is Nc1nc(Nc2cccc(Br)c2)c2cc(-c3cccc4c3Oc3ccccc3S4)ccc2n1. The average molecular weight is 513 g/mol. The van der Waals surface area contributed by atoms with E-state index in [0.29, 0.717) is 5.82 Å². The summed E-state index contributed by atoms with van der Waals surface area (Å²) < 4.78 is 7.32. The van der Waals surface area contributed by atoms with Crippen molar-refractivity contribution in [2.45, 2.75) is 9.79 Å². The Bertz CT molecular complexity index is 1540. The van der Waals surface area contributed by atoms with Crippen LogP contribution >= 0.6 is 27.7 Å². The van der Waals surface area contributed by atoms with Crippen molar-refractivity contribution < 1.29 is 4.74 Å². The van der Waals surface area contributed by atoms with E-state index in [0.717, 1.165) is 53.5 Å². The Labute approximate surface area is 203 Å². The van der Waals surface area contributed by atoms with E-state index in [9.17, 15) is 0 Å². The number of rotatable bonds is 3. The highest BCUT2D eigenvalue weighted by atomic mass is 79.9. The Kier molecular flexibility index (Phi) is 4.93. The van der Waals surface area contributed by atoms with Gasteiger partial charge >= 0.3 is 0 Å². The van der Waals surface area contributed by atoms with E-state index >= 15 is 0 Å². The number of nitrogens with two attached hydrogens (primary N) is 1. The monoisotopic (exact) mass is 512 g/mol. The zero-order chi connectivity index (χ0) is 22.4. The maximum absolute atomic E-state index is 6.34. The van der Waals surface area contributed by atoms with Crippen LogP contribution in [0.4, 0.5) is 17.5 Å². The van der Waals surface area contributed by atoms with Crippen LogP contribution in [0.5, 0.6) is 11.5 Å². The largest absolute Gasteiger partial charge is 0.454 e. The van der Waals surface area contributed by atoms with E-state index in [2.05, 4.69) is 61.5 Å². The van der Waals surface area contributed by atoms with Crippen LogP contribution in [0.1, 0.15) is 0 Å². The van der Waals surface area contributed by atoms with Gasteiger partial charge in [0.05, 0.1) is 15.3 Å². The summed E-state index contributed by atoms with van der Waals surface area (Å²) in [5, 5.41) is 4.26. The number of anilines is 3. The second kappa shape index (κ2) is 8.10. The number of para-hydroxylation sites is 2. The van der Waals surface area contributed by atoms with Crippen molar-refractivity contribution >= 4 is 56.0 Å². The Morgan fingerprint density at radius 2 is 1.70 bits per heavy atom. The number of nitrogens with one attached hydrogen (secondary N) is 1. The van der Waals surface area contributed by atoms with Crippen LogP contribution in [0, 0.1) is 0 Å². The van der Waals surface area contributed by atoms with Crippen molar-refractivity contribution in [3.8, 4) is 22.6 Å². The molecule has 4 aromatic carbocycles. The molecule has 0 atom stereocenters. The van der Waals surface area contributed by atoms with Gasteiger partial charge in [-0.1, -0.05) is 64.1 Å². The van der Waals surface area contributed by atoms with Crippen molar-refractivity contribution in [2.75, 3.05) is 11.1 Å². The van der Waals surface area contributed by atoms with Gasteiger partial charge in [0.2, 0.25) is 5.95 Å². The predicted octanol–water partition coefficient (Wildman–Crippen LogP) is 7.64. The predicted molar refractivity (Wildman–Crippen MR) is 137 cm³/mol. The van der Waals surface area contributed by atoms with Gasteiger partial charge in [-0.2, -0.15) is 4.98 Å². The Morgan fingerprint density at radius 1 is 0.848 bits per heavy atom. The molecule has 0 saturated carbocycles. The first-order valence-corrected chi connectivity index (χ1v) is 11.9. The summed E-state index contributed by atoms with van der Waals surface area (Å²) in [6, 6.07) is 28.3. The third-order valence-electron chi connectivity index (χ3n) is 5.37. The Hall–Kier alpha value is -3.55. The topological polar surface area (TPSA) is 73.1 Å². The van der Waals surface area contributed by atoms with Gasteiger partial charge in [-0.05, 0) is 54.1 Å². The number of nitrogens with zero attached hydrogens (tertiary/aromatic N) is 2. The summed E-state index contributed by atoms with van der Waals surface area (Å²) in [5.41, 5.74) is 9.71. The molecule has 1 aromatic heterocycles. The maximum Gasteiger partial charge on any atom is 0.222 e. The number of benzene rings is 4. The van der Waals surface area contributed by atoms with Crippen LogP contribution in [-0.2, 0) is 0 Å². The first-order valence-electron chi connectivity index (χ1n) is 10.3. The molecule has 2 heterocycles. The normalized spacial score (nSPS) is 12.0. The van der Waals surface area contributed by atoms with Gasteiger partial charge in [0.25, 0.3) is 0 Å². The van der Waals surface area contributed by atoms with Gasteiger partial charge in [-0.3, -0.25) is 0 Å². The summed E-state index contributed by atoms with van der Waals surface area (Å²) in [6.07, 6.45) is 0. The van der Waals surface area contributed by atoms with Crippen LogP contribution in [0.15, 0.2) is 99.2 Å². The lowest BCUT2D eigenvalue weighted by Gasteiger charge is -2.22. The lowest BCUT2D eigenvalue weighted by Crippen LogP contribution is -2.02. The number of hydrogen-bond donors (Lipinski definition) is 2. The van der Waals surface area contributed by atoms with E-state index in [1.165, 1.54) is 0 Å². The zero-order valence-corrected chi connectivity index (χ0v) is 19.7. The fourth-order valence-electron chi connectivity index (χ4n) is 3.89. The molecule has 3 N–H and O–H groups in total. The molecular weight excluding hydrogens is 496 g/mol. The van der Waals surface area contributed by atoms with Gasteiger partial charge in [0, 0.05) is 21.1 Å². The molecule has 0 saturated heterocycles. The smallest absolute Gasteiger partial charge is 0.222 e. The fourth-order valence-corrected chi connectivity index (χ4v) is 5.27. The quantitative estimate of drug-likeness (QED) is 0.253. The summed E-state index contributed by atoms with van der Waals surface area (Å²) in [6.45, 7) is 0. The lowest BCUT2D eigenvalue weighted by molar-refractivity contribution is 0.456. The molecule has 0 radical (unpaired) electrons. The van der Waals surface area contributed by atoms with E-state index < -0.39 is 0 Å². The van der Waals surface area contributed by atoms with Gasteiger partial charge in [-0.15, -0.1) is 0 Å². The number of fused-ring (bicyclic) bond motifs is 3. The molecule has 33 heavy (non-hydrogen) atoms. The number of halogens is 1. The van der Waals surface area contributed by atoms with Crippen LogP contribution in [0.3, 0.4) is 0 Å². The van der Waals surface area contributed by atoms with Gasteiger partial charge in [0.1, 0.15) is 17.3 Å². The lowest BCUT2D eigenvalue weighted by atomic mass is 10.0. The maximum atomic E-state index is 6.34. The van der Waals surface area contributed by atoms with Gasteiger partial charge in [0.15, 0.2) is 0 Å². The van der Waals surface area contributed by atoms with Crippen LogP contribution < -0.4 is 15.8 Å². The van der Waals surface area contributed by atoms with E-state index in [4.69, 9.17) is 10.5 Å². The van der Waals surface area contributed by atoms with E-state index in [1.54, 1.807) is 11.8 Å². The minimum Gasteiger partial charge on any atom is -0.454 e. The molecule has 1 aliphatic heterocycles. The third kappa shape index (κ3) is 3.79. The minimum atomic E-state index is 0.223. The first-order chi connectivity index (χ1) is 16.1. The molecular formula is C26H17BrN4OS. The molecule has 160 valence electrons. The van der Waals surface area contributed by atoms with Crippen LogP contribution in [0.25, 0.3) is 22.0 Å². The second-order valence-electron chi connectivity index (χ2n) is 7.58. The number of aromatic nitrogens is 2. The summed E-state index contributed by atoms with van der Waals surface area (Å²) in [7, 11) is 0. The van der Waals surface area contributed by atoms with Crippen LogP contribution in [-0.4, -0.2) is 9.97 Å². The Morgan fingerprint density at radius 3 is 2.61 bits per heavy atom. The highest BCUT2D eigenvalue weighted by Crippen LogP contribution is 2.50. The number of ether oxygens (including phenoxy) is 1. The molecule has 6 rings (SSSR count). The van der Waals surface area contributed by atoms with Crippen molar-refractivity contribution in [3.05, 3.63) is 89.4 Å². The Balaban J connectivity index is 1.47. The molecule has 7 heteroatoms. The molecule has 5 nitrogen and oxygen atoms in total. The van der Waals surface area contributed by atoms with E-state index in [1.807, 2.05) is 54.6 Å². The standard InChI is InChI=1S/C26H17BrN4OS/c27-16-5-3-6-17(14-16)29-25-19-13-15(11-12-20(19)30-26(28)31-25)18-7-4-10-23-24(18)32-21-8-1-2-9-22(21)33-23/h1-14H,(H3,28,29,30,31). The molecule has 0 unspecified atom stereocenters. The van der Waals surface area contributed by atoms with Crippen molar-refractivity contribution in [2.24, 2.45) is 0 Å². The summed E-state index contributed by atoms with van der Waals surface area (Å²) >= 11 is 5.24. The average Bonchev–Trinajstić information content (AvgIpc) is 2.82.